The molecule has 0 N–H and O–H groups in total. The van der Waals surface area contributed by atoms with E-state index in [2.05, 4.69) is 183 Å². The van der Waals surface area contributed by atoms with Crippen LogP contribution in [-0.2, 0) is 0 Å². The molecule has 0 saturated heterocycles. The molecular weight excluding hydrogens is 630 g/mol. The summed E-state index contributed by atoms with van der Waals surface area (Å²) in [4.78, 5) is 5.31. The van der Waals surface area contributed by atoms with Crippen LogP contribution in [0.5, 0.6) is 0 Å². The standard InChI is InChI=1S/C41H27N2PSe/c45-44(32-16-6-2-7-17-32,33-18-8-3-9-19-33)34-21-22-35-36-24-29-14-10-11-15-30(29)25-37(36)41-42-38-23-20-31(28-12-4-1-5-13-28)26-40(38)43(41)39(35)27-34/h1-27H. The fraction of sp³-hybridized carbons (Fsp3) is 0. The van der Waals surface area contributed by atoms with Gasteiger partial charge in [0.2, 0.25) is 0 Å². The number of imidazole rings is 1. The first-order valence-electron chi connectivity index (χ1n) is 15.2. The number of hydrogen-bond donors (Lipinski definition) is 0. The topological polar surface area (TPSA) is 17.3 Å². The van der Waals surface area contributed by atoms with Gasteiger partial charge in [-0.05, 0) is 0 Å². The number of nitrogens with zero attached hydrogens (tertiary/aromatic N) is 2. The van der Waals surface area contributed by atoms with Crippen molar-refractivity contribution in [2.24, 2.45) is 0 Å². The first-order chi connectivity index (χ1) is 22.2. The molecule has 2 heterocycles. The molecule has 2 nitrogen and oxygen atoms in total. The molecule has 0 atom stereocenters. The van der Waals surface area contributed by atoms with Crippen molar-refractivity contribution in [3.63, 3.8) is 0 Å². The average Bonchev–Trinajstić information content (AvgIpc) is 3.51. The second kappa shape index (κ2) is 10.4. The van der Waals surface area contributed by atoms with Gasteiger partial charge in [-0.15, -0.1) is 0 Å². The summed E-state index contributed by atoms with van der Waals surface area (Å²) in [5.41, 5.74) is 4.60. The number of fused-ring (bicyclic) bond motifs is 9. The third-order valence-electron chi connectivity index (χ3n) is 9.00. The minimum absolute atomic E-state index is 0.990. The number of hydrogen-bond acceptors (Lipinski definition) is 1. The van der Waals surface area contributed by atoms with E-state index in [0.717, 1.165) is 16.7 Å². The summed E-state index contributed by atoms with van der Waals surface area (Å²) < 4.78 is 2.40. The molecule has 0 spiro atoms. The van der Waals surface area contributed by atoms with E-state index in [1.54, 1.807) is 0 Å². The molecule has 0 aliphatic rings. The van der Waals surface area contributed by atoms with Crippen LogP contribution in [0.1, 0.15) is 0 Å². The Morgan fingerprint density at radius 3 is 1.71 bits per heavy atom. The van der Waals surface area contributed by atoms with Crippen molar-refractivity contribution < 1.29 is 0 Å². The Labute approximate surface area is 268 Å². The molecular formula is C41H27N2PSe. The fourth-order valence-corrected chi connectivity index (χ4v) is 11.7. The fourth-order valence-electron chi connectivity index (χ4n) is 6.81. The molecule has 45 heavy (non-hydrogen) atoms. The first kappa shape index (κ1) is 26.6. The zero-order valence-electron chi connectivity index (χ0n) is 24.3. The van der Waals surface area contributed by atoms with E-state index in [1.807, 2.05) is 0 Å². The molecule has 0 bridgehead atoms. The van der Waals surface area contributed by atoms with Crippen molar-refractivity contribution in [3.05, 3.63) is 164 Å². The summed E-state index contributed by atoms with van der Waals surface area (Å²) in [6.07, 6.45) is 0. The number of benzene rings is 7. The Morgan fingerprint density at radius 2 is 1.04 bits per heavy atom. The Balaban J connectivity index is 1.44. The number of rotatable bonds is 4. The second-order valence-electron chi connectivity index (χ2n) is 11.6. The molecule has 0 unspecified atom stereocenters. The second-order valence-corrected chi connectivity index (χ2v) is 17.8. The maximum atomic E-state index is 5.31. The van der Waals surface area contributed by atoms with Crippen LogP contribution in [0.3, 0.4) is 0 Å². The number of aromatic nitrogens is 2. The molecule has 9 aromatic rings. The van der Waals surface area contributed by atoms with Gasteiger partial charge in [0.05, 0.1) is 0 Å². The third kappa shape index (κ3) is 4.16. The Kier molecular flexibility index (Phi) is 6.15. The van der Waals surface area contributed by atoms with Crippen molar-refractivity contribution >= 4 is 85.6 Å². The van der Waals surface area contributed by atoms with Gasteiger partial charge in [0, 0.05) is 0 Å². The monoisotopic (exact) mass is 658 g/mol. The van der Waals surface area contributed by atoms with Gasteiger partial charge in [-0.1, -0.05) is 0 Å². The maximum absolute atomic E-state index is 5.31. The molecule has 9 rings (SSSR count). The molecule has 4 heteroatoms. The average molecular weight is 658 g/mol. The van der Waals surface area contributed by atoms with Crippen LogP contribution in [0, 0.1) is 0 Å². The predicted molar refractivity (Wildman–Crippen MR) is 195 cm³/mol. The van der Waals surface area contributed by atoms with Crippen molar-refractivity contribution in [2.45, 2.75) is 0 Å². The molecule has 0 aliphatic carbocycles. The first-order valence-corrected chi connectivity index (χ1v) is 19.2. The molecule has 0 fully saturated rings. The van der Waals surface area contributed by atoms with Gasteiger partial charge in [-0.25, -0.2) is 0 Å². The predicted octanol–water partition coefficient (Wildman–Crippen LogP) is 8.99. The normalized spacial score (nSPS) is 12.1. The van der Waals surface area contributed by atoms with Crippen LogP contribution in [0.25, 0.3) is 60.3 Å². The van der Waals surface area contributed by atoms with Gasteiger partial charge >= 0.3 is 270 Å². The zero-order chi connectivity index (χ0) is 30.0. The molecule has 212 valence electrons. The van der Waals surface area contributed by atoms with E-state index in [1.165, 1.54) is 59.5 Å². The van der Waals surface area contributed by atoms with Crippen LogP contribution in [0.4, 0.5) is 0 Å². The molecule has 2 aromatic heterocycles. The molecule has 0 saturated carbocycles. The van der Waals surface area contributed by atoms with E-state index < -0.39 is 5.51 Å². The molecule has 0 radical (unpaired) electrons. The summed E-state index contributed by atoms with van der Waals surface area (Å²) in [6, 6.07) is 59.5. The zero-order valence-corrected chi connectivity index (χ0v) is 26.9. The van der Waals surface area contributed by atoms with Gasteiger partial charge in [-0.3, -0.25) is 0 Å². The van der Waals surface area contributed by atoms with Gasteiger partial charge in [-0.2, -0.15) is 0 Å². The minimum atomic E-state index is -2.07. The van der Waals surface area contributed by atoms with Crippen LogP contribution in [0.15, 0.2) is 164 Å². The van der Waals surface area contributed by atoms with Crippen LogP contribution >= 0.6 is 5.51 Å². The van der Waals surface area contributed by atoms with E-state index in [9.17, 15) is 0 Å². The Morgan fingerprint density at radius 1 is 0.444 bits per heavy atom. The van der Waals surface area contributed by atoms with Gasteiger partial charge < -0.3 is 0 Å². The van der Waals surface area contributed by atoms with E-state index >= 15 is 0 Å². The number of pyridine rings is 1. The van der Waals surface area contributed by atoms with E-state index in [4.69, 9.17) is 4.98 Å². The van der Waals surface area contributed by atoms with Crippen molar-refractivity contribution in [1.29, 1.82) is 0 Å². The summed E-state index contributed by atoms with van der Waals surface area (Å²) in [5, 5.41) is 10.0. The summed E-state index contributed by atoms with van der Waals surface area (Å²) in [6.45, 7) is 0. The van der Waals surface area contributed by atoms with Crippen molar-refractivity contribution in [1.82, 2.24) is 9.38 Å². The van der Waals surface area contributed by atoms with Gasteiger partial charge in [0.25, 0.3) is 0 Å². The van der Waals surface area contributed by atoms with Crippen molar-refractivity contribution in [2.75, 3.05) is 0 Å². The molecule has 0 amide bonds. The van der Waals surface area contributed by atoms with Crippen LogP contribution < -0.4 is 15.9 Å². The Hall–Kier alpha value is -4.78. The van der Waals surface area contributed by atoms with Crippen LogP contribution in [-0.4, -0.2) is 24.5 Å². The molecule has 0 aliphatic heterocycles. The SMILES string of the molecule is [Se]=P(c1ccccc1)(c1ccccc1)c1ccc2c3cc4ccccc4cc3c3nc4ccc(-c5ccccc5)cc4n3c2c1. The van der Waals surface area contributed by atoms with E-state index in [-0.39, 0.29) is 0 Å². The quantitative estimate of drug-likeness (QED) is 0.0800. The summed E-state index contributed by atoms with van der Waals surface area (Å²) >= 11 is 3.76. The molecule has 7 aromatic carbocycles. The van der Waals surface area contributed by atoms with Crippen LogP contribution in [0.2, 0.25) is 0 Å². The van der Waals surface area contributed by atoms with Gasteiger partial charge in [0.1, 0.15) is 0 Å². The van der Waals surface area contributed by atoms with Crippen molar-refractivity contribution in [3.8, 4) is 11.1 Å². The van der Waals surface area contributed by atoms with Gasteiger partial charge in [0.15, 0.2) is 0 Å². The Bertz CT molecular complexity index is 2570. The van der Waals surface area contributed by atoms with E-state index in [0.29, 0.717) is 0 Å². The summed E-state index contributed by atoms with van der Waals surface area (Å²) in [5.74, 6) is 0. The third-order valence-corrected chi connectivity index (χ3v) is 16.0. The summed E-state index contributed by atoms with van der Waals surface area (Å²) in [7, 11) is 0.